The Balaban J connectivity index is 2.22. The minimum Gasteiger partial charge on any atom is -0.372 e. The lowest BCUT2D eigenvalue weighted by molar-refractivity contribution is 0.146. The normalized spacial score (nSPS) is 19.5. The van der Waals surface area contributed by atoms with Crippen LogP contribution in [0.25, 0.3) is 0 Å². The number of rotatable bonds is 5. The zero-order chi connectivity index (χ0) is 12.0. The third-order valence-electron chi connectivity index (χ3n) is 3.03. The molecule has 1 rings (SSSR count). The summed E-state index contributed by atoms with van der Waals surface area (Å²) in [4.78, 5) is 4.63. The van der Waals surface area contributed by atoms with E-state index in [2.05, 4.69) is 46.0 Å². The second kappa shape index (κ2) is 6.60. The number of likely N-dealkylation sites (tertiary alicyclic amines) is 1. The van der Waals surface area contributed by atoms with Gasteiger partial charge < -0.3 is 10.2 Å². The second-order valence-electron chi connectivity index (χ2n) is 4.39. The molecule has 1 aliphatic rings. The Bertz CT molecular complexity index is 241. The maximum absolute atomic E-state index is 4.11. The van der Waals surface area contributed by atoms with E-state index in [4.69, 9.17) is 0 Å². The van der Waals surface area contributed by atoms with E-state index < -0.39 is 0 Å². The van der Waals surface area contributed by atoms with Crippen LogP contribution in [0.15, 0.2) is 22.6 Å². The summed E-state index contributed by atoms with van der Waals surface area (Å²) in [6.07, 6.45) is 2.44. The third kappa shape index (κ3) is 4.28. The lowest BCUT2D eigenvalue weighted by Crippen LogP contribution is -2.41. The highest BCUT2D eigenvalue weighted by Crippen LogP contribution is 2.13. The topological polar surface area (TPSA) is 43.2 Å². The Morgan fingerprint density at radius 1 is 1.44 bits per heavy atom. The highest BCUT2D eigenvalue weighted by atomic mass is 15.3. The van der Waals surface area contributed by atoms with E-state index in [1.165, 1.54) is 12.8 Å². The van der Waals surface area contributed by atoms with Gasteiger partial charge in [-0.2, -0.15) is 5.11 Å². The first-order chi connectivity index (χ1) is 7.63. The van der Waals surface area contributed by atoms with Crippen LogP contribution in [0, 0.1) is 0 Å². The number of nitrogens with one attached hydrogen (secondary N) is 1. The van der Waals surface area contributed by atoms with Gasteiger partial charge in [0.1, 0.15) is 12.5 Å². The van der Waals surface area contributed by atoms with Crippen LogP contribution in [-0.4, -0.2) is 56.7 Å². The molecular weight excluding hydrogens is 202 g/mol. The molecular formula is C11H23N5. The summed E-state index contributed by atoms with van der Waals surface area (Å²) in [7, 11) is 6.10. The SMILES string of the molecule is C=C(/N=N\CN1CCC(N(C)C)CC1)NC. The number of azo groups is 1. The molecule has 0 aromatic rings. The molecule has 0 amide bonds. The smallest absolute Gasteiger partial charge is 0.140 e. The van der Waals surface area contributed by atoms with E-state index in [-0.39, 0.29) is 0 Å². The number of piperidine rings is 1. The van der Waals surface area contributed by atoms with Crippen LogP contribution in [0.5, 0.6) is 0 Å². The molecule has 0 bridgehead atoms. The van der Waals surface area contributed by atoms with Crippen LogP contribution in [0.1, 0.15) is 12.8 Å². The van der Waals surface area contributed by atoms with Gasteiger partial charge in [-0.15, -0.1) is 5.11 Å². The average Bonchev–Trinajstić information content (AvgIpc) is 2.29. The molecule has 0 unspecified atom stereocenters. The van der Waals surface area contributed by atoms with Crippen molar-refractivity contribution in [3.8, 4) is 0 Å². The fourth-order valence-electron chi connectivity index (χ4n) is 1.83. The largest absolute Gasteiger partial charge is 0.372 e. The summed E-state index contributed by atoms with van der Waals surface area (Å²) in [5.74, 6) is 0.614. The van der Waals surface area contributed by atoms with Crippen molar-refractivity contribution in [1.82, 2.24) is 15.1 Å². The summed E-state index contributed by atoms with van der Waals surface area (Å²) in [6, 6.07) is 0.723. The molecule has 1 saturated heterocycles. The first-order valence-corrected chi connectivity index (χ1v) is 5.76. The Hall–Kier alpha value is -0.940. The average molecular weight is 225 g/mol. The number of hydrogen-bond acceptors (Lipinski definition) is 5. The molecule has 16 heavy (non-hydrogen) atoms. The van der Waals surface area contributed by atoms with Crippen molar-refractivity contribution >= 4 is 0 Å². The Labute approximate surface area is 98.2 Å². The molecule has 0 spiro atoms. The van der Waals surface area contributed by atoms with Gasteiger partial charge in [-0.1, -0.05) is 6.58 Å². The monoisotopic (exact) mass is 225 g/mol. The van der Waals surface area contributed by atoms with Gasteiger partial charge in [-0.3, -0.25) is 4.90 Å². The second-order valence-corrected chi connectivity index (χ2v) is 4.39. The van der Waals surface area contributed by atoms with Crippen LogP contribution in [0.4, 0.5) is 0 Å². The molecule has 0 radical (unpaired) electrons. The minimum atomic E-state index is 0.614. The molecule has 1 aliphatic heterocycles. The van der Waals surface area contributed by atoms with Gasteiger partial charge in [0.25, 0.3) is 0 Å². The molecule has 1 heterocycles. The van der Waals surface area contributed by atoms with E-state index in [0.717, 1.165) is 19.1 Å². The fraction of sp³-hybridized carbons (Fsp3) is 0.818. The van der Waals surface area contributed by atoms with Crippen LogP contribution < -0.4 is 5.32 Å². The summed E-state index contributed by atoms with van der Waals surface area (Å²) in [5, 5.41) is 10.9. The third-order valence-corrected chi connectivity index (χ3v) is 3.03. The molecule has 0 aromatic carbocycles. The fourth-order valence-corrected chi connectivity index (χ4v) is 1.83. The minimum absolute atomic E-state index is 0.614. The summed E-state index contributed by atoms with van der Waals surface area (Å²) < 4.78 is 0. The predicted molar refractivity (Wildman–Crippen MR) is 66.2 cm³/mol. The summed E-state index contributed by atoms with van der Waals surface area (Å²) >= 11 is 0. The van der Waals surface area contributed by atoms with E-state index >= 15 is 0 Å². The van der Waals surface area contributed by atoms with Crippen LogP contribution in [0.3, 0.4) is 0 Å². The molecule has 0 saturated carbocycles. The lowest BCUT2D eigenvalue weighted by atomic mass is 10.0. The van der Waals surface area contributed by atoms with Gasteiger partial charge in [0, 0.05) is 26.2 Å². The highest BCUT2D eigenvalue weighted by molar-refractivity contribution is 4.84. The highest BCUT2D eigenvalue weighted by Gasteiger charge is 2.19. The lowest BCUT2D eigenvalue weighted by Gasteiger charge is -2.33. The van der Waals surface area contributed by atoms with Crippen molar-refractivity contribution in [2.45, 2.75) is 18.9 Å². The first-order valence-electron chi connectivity index (χ1n) is 5.76. The van der Waals surface area contributed by atoms with Gasteiger partial charge in [0.2, 0.25) is 0 Å². The van der Waals surface area contributed by atoms with E-state index in [1.54, 1.807) is 7.05 Å². The van der Waals surface area contributed by atoms with E-state index in [9.17, 15) is 0 Å². The number of nitrogens with zero attached hydrogens (tertiary/aromatic N) is 4. The maximum Gasteiger partial charge on any atom is 0.140 e. The zero-order valence-electron chi connectivity index (χ0n) is 10.6. The summed E-state index contributed by atoms with van der Waals surface area (Å²) in [6.45, 7) is 6.59. The molecule has 5 heteroatoms. The van der Waals surface area contributed by atoms with E-state index in [0.29, 0.717) is 12.5 Å². The molecule has 1 fully saturated rings. The molecule has 0 aromatic heterocycles. The number of hydrogen-bond donors (Lipinski definition) is 1. The molecule has 5 nitrogen and oxygen atoms in total. The molecule has 0 atom stereocenters. The molecule has 92 valence electrons. The van der Waals surface area contributed by atoms with Crippen molar-refractivity contribution in [2.24, 2.45) is 10.2 Å². The quantitative estimate of drug-likeness (QED) is 0.713. The Morgan fingerprint density at radius 3 is 2.56 bits per heavy atom. The van der Waals surface area contributed by atoms with Gasteiger partial charge in [0.05, 0.1) is 0 Å². The van der Waals surface area contributed by atoms with Crippen LogP contribution >= 0.6 is 0 Å². The summed E-state index contributed by atoms with van der Waals surface area (Å²) in [5.41, 5.74) is 0. The standard InChI is InChI=1S/C11H23N5/c1-10(12-2)14-13-9-16-7-5-11(6-8-16)15(3)4/h11-12H,1,5-9H2,2-4H3/b14-13-. The van der Waals surface area contributed by atoms with Crippen molar-refractivity contribution in [1.29, 1.82) is 0 Å². The van der Waals surface area contributed by atoms with Crippen molar-refractivity contribution in [3.05, 3.63) is 12.4 Å². The van der Waals surface area contributed by atoms with Crippen molar-refractivity contribution in [2.75, 3.05) is 40.9 Å². The Kier molecular flexibility index (Phi) is 5.42. The predicted octanol–water partition coefficient (Wildman–Crippen LogP) is 1.11. The van der Waals surface area contributed by atoms with Gasteiger partial charge in [-0.25, -0.2) is 0 Å². The van der Waals surface area contributed by atoms with E-state index in [1.807, 2.05) is 0 Å². The van der Waals surface area contributed by atoms with Gasteiger partial charge in [0.15, 0.2) is 0 Å². The molecule has 0 aliphatic carbocycles. The first kappa shape index (κ1) is 13.1. The van der Waals surface area contributed by atoms with Gasteiger partial charge in [-0.05, 0) is 26.9 Å². The van der Waals surface area contributed by atoms with Gasteiger partial charge >= 0.3 is 0 Å². The van der Waals surface area contributed by atoms with Crippen molar-refractivity contribution in [3.63, 3.8) is 0 Å². The van der Waals surface area contributed by atoms with Crippen LogP contribution in [0.2, 0.25) is 0 Å². The Morgan fingerprint density at radius 2 is 2.06 bits per heavy atom. The maximum atomic E-state index is 4.11. The molecule has 1 N–H and O–H groups in total. The van der Waals surface area contributed by atoms with Crippen molar-refractivity contribution < 1.29 is 0 Å². The van der Waals surface area contributed by atoms with Crippen LogP contribution in [-0.2, 0) is 0 Å². The zero-order valence-corrected chi connectivity index (χ0v) is 10.6.